The quantitative estimate of drug-likeness (QED) is 0.752. The van der Waals surface area contributed by atoms with Crippen LogP contribution in [-0.2, 0) is 4.79 Å². The standard InChI is InChI=1S/C15H25N3O2/c1-5-9-20-14-10-12(7-8-13(14)16)17-11(3)15(19)18(4)6-2/h7-8,10-11,17H,5-6,9,16H2,1-4H3. The molecule has 0 radical (unpaired) electrons. The number of carbonyl (C=O) groups excluding carboxylic acids is 1. The van der Waals surface area contributed by atoms with Gasteiger partial charge in [0.25, 0.3) is 0 Å². The average Bonchev–Trinajstić information content (AvgIpc) is 2.45. The van der Waals surface area contributed by atoms with E-state index in [4.69, 9.17) is 10.5 Å². The number of hydrogen-bond acceptors (Lipinski definition) is 4. The zero-order chi connectivity index (χ0) is 15.1. The van der Waals surface area contributed by atoms with E-state index < -0.39 is 0 Å². The van der Waals surface area contributed by atoms with Crippen LogP contribution in [0.15, 0.2) is 18.2 Å². The minimum atomic E-state index is -0.289. The lowest BCUT2D eigenvalue weighted by molar-refractivity contribution is -0.130. The van der Waals surface area contributed by atoms with Gasteiger partial charge in [-0.2, -0.15) is 0 Å². The maximum Gasteiger partial charge on any atom is 0.244 e. The van der Waals surface area contributed by atoms with Crippen LogP contribution in [0.1, 0.15) is 27.2 Å². The molecule has 1 unspecified atom stereocenters. The fraction of sp³-hybridized carbons (Fsp3) is 0.533. The van der Waals surface area contributed by atoms with Crippen molar-refractivity contribution in [1.82, 2.24) is 4.90 Å². The van der Waals surface area contributed by atoms with E-state index in [1.165, 1.54) is 0 Å². The highest BCUT2D eigenvalue weighted by molar-refractivity contribution is 5.84. The van der Waals surface area contributed by atoms with E-state index in [9.17, 15) is 4.79 Å². The van der Waals surface area contributed by atoms with Gasteiger partial charge in [-0.1, -0.05) is 6.92 Å². The molecule has 0 aliphatic rings. The van der Waals surface area contributed by atoms with Crippen LogP contribution in [0, 0.1) is 0 Å². The highest BCUT2D eigenvalue weighted by Crippen LogP contribution is 2.26. The second-order valence-corrected chi connectivity index (χ2v) is 4.82. The number of hydrogen-bond donors (Lipinski definition) is 2. The molecule has 1 atom stereocenters. The van der Waals surface area contributed by atoms with Gasteiger partial charge in [-0.25, -0.2) is 0 Å². The van der Waals surface area contributed by atoms with E-state index in [1.54, 1.807) is 18.0 Å². The molecule has 0 saturated heterocycles. The fourth-order valence-corrected chi connectivity index (χ4v) is 1.76. The molecule has 0 aliphatic carbocycles. The summed E-state index contributed by atoms with van der Waals surface area (Å²) < 4.78 is 5.58. The van der Waals surface area contributed by atoms with Crippen LogP contribution in [0.4, 0.5) is 11.4 Å². The monoisotopic (exact) mass is 279 g/mol. The second kappa shape index (κ2) is 7.62. The van der Waals surface area contributed by atoms with Crippen molar-refractivity contribution in [2.45, 2.75) is 33.2 Å². The Morgan fingerprint density at radius 2 is 2.15 bits per heavy atom. The van der Waals surface area contributed by atoms with Gasteiger partial charge < -0.3 is 20.7 Å². The van der Waals surface area contributed by atoms with Crippen LogP contribution in [0.25, 0.3) is 0 Å². The van der Waals surface area contributed by atoms with Crippen LogP contribution >= 0.6 is 0 Å². The molecule has 1 rings (SSSR count). The zero-order valence-electron chi connectivity index (χ0n) is 12.8. The Morgan fingerprint density at radius 3 is 2.75 bits per heavy atom. The third kappa shape index (κ3) is 4.33. The predicted octanol–water partition coefficient (Wildman–Crippen LogP) is 2.34. The van der Waals surface area contributed by atoms with Gasteiger partial charge in [0.05, 0.1) is 12.3 Å². The summed E-state index contributed by atoms with van der Waals surface area (Å²) in [6, 6.07) is 5.18. The second-order valence-electron chi connectivity index (χ2n) is 4.82. The fourth-order valence-electron chi connectivity index (χ4n) is 1.76. The number of nitrogens with one attached hydrogen (secondary N) is 1. The molecule has 0 heterocycles. The van der Waals surface area contributed by atoms with E-state index in [0.717, 1.165) is 12.1 Å². The Kier molecular flexibility index (Phi) is 6.15. The smallest absolute Gasteiger partial charge is 0.244 e. The third-order valence-corrected chi connectivity index (χ3v) is 3.08. The lowest BCUT2D eigenvalue weighted by atomic mass is 10.2. The Hall–Kier alpha value is -1.91. The van der Waals surface area contributed by atoms with Crippen molar-refractivity contribution in [2.24, 2.45) is 0 Å². The normalized spacial score (nSPS) is 11.8. The van der Waals surface area contributed by atoms with Crippen LogP contribution in [0.3, 0.4) is 0 Å². The number of benzene rings is 1. The molecule has 0 saturated carbocycles. The van der Waals surface area contributed by atoms with Crippen molar-refractivity contribution >= 4 is 17.3 Å². The predicted molar refractivity (Wildman–Crippen MR) is 83.0 cm³/mol. The number of rotatable bonds is 7. The minimum absolute atomic E-state index is 0.0559. The number of nitrogen functional groups attached to an aromatic ring is 1. The van der Waals surface area contributed by atoms with E-state index in [2.05, 4.69) is 5.32 Å². The average molecular weight is 279 g/mol. The van der Waals surface area contributed by atoms with Gasteiger partial charge in [-0.15, -0.1) is 0 Å². The van der Waals surface area contributed by atoms with E-state index >= 15 is 0 Å². The molecule has 0 aromatic heterocycles. The number of anilines is 2. The van der Waals surface area contributed by atoms with E-state index in [0.29, 0.717) is 24.6 Å². The number of nitrogens with two attached hydrogens (primary N) is 1. The molecule has 20 heavy (non-hydrogen) atoms. The summed E-state index contributed by atoms with van der Waals surface area (Å²) in [4.78, 5) is 13.7. The summed E-state index contributed by atoms with van der Waals surface area (Å²) in [6.07, 6.45) is 0.924. The molecule has 1 aromatic carbocycles. The first-order chi connectivity index (χ1) is 9.49. The molecule has 1 amide bonds. The molecule has 1 aromatic rings. The van der Waals surface area contributed by atoms with Crippen molar-refractivity contribution in [3.8, 4) is 5.75 Å². The van der Waals surface area contributed by atoms with Gasteiger partial charge in [0, 0.05) is 25.3 Å². The Bertz CT molecular complexity index is 449. The van der Waals surface area contributed by atoms with E-state index in [-0.39, 0.29) is 11.9 Å². The first-order valence-corrected chi connectivity index (χ1v) is 7.03. The van der Waals surface area contributed by atoms with Crippen molar-refractivity contribution in [3.05, 3.63) is 18.2 Å². The molecule has 0 spiro atoms. The van der Waals surface area contributed by atoms with Crippen molar-refractivity contribution < 1.29 is 9.53 Å². The van der Waals surface area contributed by atoms with Crippen LogP contribution in [-0.4, -0.2) is 37.0 Å². The van der Waals surface area contributed by atoms with Gasteiger partial charge >= 0.3 is 0 Å². The highest BCUT2D eigenvalue weighted by Gasteiger charge is 2.16. The summed E-state index contributed by atoms with van der Waals surface area (Å²) in [5.74, 6) is 0.709. The Labute approximate surface area is 121 Å². The number of amides is 1. The molecule has 5 heteroatoms. The first-order valence-electron chi connectivity index (χ1n) is 7.03. The SMILES string of the molecule is CCCOc1cc(NC(C)C(=O)N(C)CC)ccc1N. The Morgan fingerprint density at radius 1 is 1.45 bits per heavy atom. The van der Waals surface area contributed by atoms with Gasteiger partial charge in [0.2, 0.25) is 5.91 Å². The minimum Gasteiger partial charge on any atom is -0.491 e. The van der Waals surface area contributed by atoms with Gasteiger partial charge in [-0.3, -0.25) is 4.79 Å². The molecule has 0 aliphatic heterocycles. The van der Waals surface area contributed by atoms with Gasteiger partial charge in [0.15, 0.2) is 0 Å². The van der Waals surface area contributed by atoms with Gasteiger partial charge in [-0.05, 0) is 32.4 Å². The van der Waals surface area contributed by atoms with Crippen LogP contribution in [0.5, 0.6) is 5.75 Å². The van der Waals surface area contributed by atoms with Gasteiger partial charge in [0.1, 0.15) is 11.8 Å². The number of likely N-dealkylation sites (N-methyl/N-ethyl adjacent to an activating group) is 1. The summed E-state index contributed by atoms with van der Waals surface area (Å²) >= 11 is 0. The number of ether oxygens (including phenoxy) is 1. The maximum atomic E-state index is 12.0. The topological polar surface area (TPSA) is 67.6 Å². The highest BCUT2D eigenvalue weighted by atomic mass is 16.5. The van der Waals surface area contributed by atoms with Crippen molar-refractivity contribution in [1.29, 1.82) is 0 Å². The largest absolute Gasteiger partial charge is 0.491 e. The summed E-state index contributed by atoms with van der Waals surface area (Å²) in [5, 5.41) is 3.17. The van der Waals surface area contributed by atoms with Crippen LogP contribution < -0.4 is 15.8 Å². The molecular formula is C15H25N3O2. The summed E-state index contributed by atoms with van der Waals surface area (Å²) in [6.45, 7) is 7.15. The lowest BCUT2D eigenvalue weighted by Gasteiger charge is -2.21. The Balaban J connectivity index is 2.74. The lowest BCUT2D eigenvalue weighted by Crippen LogP contribution is -2.38. The molecule has 5 nitrogen and oxygen atoms in total. The maximum absolute atomic E-state index is 12.0. The molecule has 0 fully saturated rings. The molecular weight excluding hydrogens is 254 g/mol. The van der Waals surface area contributed by atoms with E-state index in [1.807, 2.05) is 32.9 Å². The molecule has 0 bridgehead atoms. The number of carbonyl (C=O) groups is 1. The molecule has 3 N–H and O–H groups in total. The molecule has 112 valence electrons. The van der Waals surface area contributed by atoms with Crippen molar-refractivity contribution in [2.75, 3.05) is 31.2 Å². The third-order valence-electron chi connectivity index (χ3n) is 3.08. The zero-order valence-corrected chi connectivity index (χ0v) is 12.8. The first kappa shape index (κ1) is 16.1. The summed E-state index contributed by atoms with van der Waals surface area (Å²) in [5.41, 5.74) is 7.30. The van der Waals surface area contributed by atoms with Crippen molar-refractivity contribution in [3.63, 3.8) is 0 Å². The summed E-state index contributed by atoms with van der Waals surface area (Å²) in [7, 11) is 1.79. The number of nitrogens with zero attached hydrogens (tertiary/aromatic N) is 1. The van der Waals surface area contributed by atoms with Crippen LogP contribution in [0.2, 0.25) is 0 Å².